The molecule has 9 rings (SSSR count). The first-order valence-electron chi connectivity index (χ1n) is 25.3. The average Bonchev–Trinajstić information content (AvgIpc) is 3.86. The molecule has 0 aromatic heterocycles. The molecule has 6 nitrogen and oxygen atoms in total. The highest BCUT2D eigenvalue weighted by Gasteiger charge is 2.54. The van der Waals surface area contributed by atoms with Crippen molar-refractivity contribution in [2.45, 2.75) is 218 Å². The van der Waals surface area contributed by atoms with Crippen molar-refractivity contribution in [1.82, 2.24) is 0 Å². The summed E-state index contributed by atoms with van der Waals surface area (Å²) >= 11 is 0. The fourth-order valence-corrected chi connectivity index (χ4v) is 14.5. The van der Waals surface area contributed by atoms with Gasteiger partial charge >= 0.3 is 20.8 Å². The van der Waals surface area contributed by atoms with Crippen LogP contribution in [-0.4, -0.2) is 60.1 Å². The molecule has 3 aromatic rings. The Labute approximate surface area is 396 Å². The third-order valence-electron chi connectivity index (χ3n) is 15.6. The lowest BCUT2D eigenvalue weighted by atomic mass is 9.70. The molecule has 2 saturated heterocycles. The van der Waals surface area contributed by atoms with Crippen molar-refractivity contribution in [2.24, 2.45) is 5.92 Å². The van der Waals surface area contributed by atoms with Gasteiger partial charge in [0.05, 0.1) is 28.0 Å². The Morgan fingerprint density at radius 2 is 1.14 bits per heavy atom. The van der Waals surface area contributed by atoms with Gasteiger partial charge in [0, 0.05) is 0 Å². The Morgan fingerprint density at radius 3 is 1.65 bits per heavy atom. The van der Waals surface area contributed by atoms with Gasteiger partial charge in [0.15, 0.2) is 0 Å². The van der Waals surface area contributed by atoms with Gasteiger partial charge in [0.1, 0.15) is 5.60 Å². The van der Waals surface area contributed by atoms with Gasteiger partial charge in [-0.25, -0.2) is 4.79 Å². The molecule has 0 spiro atoms. The van der Waals surface area contributed by atoms with Crippen molar-refractivity contribution in [3.63, 3.8) is 0 Å². The largest absolute Gasteiger partial charge is 0.491 e. The summed E-state index contributed by atoms with van der Waals surface area (Å²) in [6.07, 6.45) is 21.8. The van der Waals surface area contributed by atoms with Gasteiger partial charge in [-0.05, 0) is 189 Å². The Morgan fingerprint density at radius 1 is 0.631 bits per heavy atom. The summed E-state index contributed by atoms with van der Waals surface area (Å²) in [7, 11) is 1.05. The molecule has 0 amide bonds. The predicted molar refractivity (Wildman–Crippen MR) is 273 cm³/mol. The van der Waals surface area contributed by atoms with E-state index in [4.69, 9.17) is 23.4 Å². The number of esters is 1. The van der Waals surface area contributed by atoms with Crippen LogP contribution in [0.25, 0.3) is 16.7 Å². The Kier molecular flexibility index (Phi) is 16.1. The van der Waals surface area contributed by atoms with E-state index in [1.807, 2.05) is 60.6 Å². The van der Waals surface area contributed by atoms with Crippen LogP contribution in [0.4, 0.5) is 0 Å². The van der Waals surface area contributed by atoms with Gasteiger partial charge in [-0.2, -0.15) is 0 Å². The zero-order valence-electron chi connectivity index (χ0n) is 42.0. The summed E-state index contributed by atoms with van der Waals surface area (Å²) in [6, 6.07) is 26.6. The molecule has 2 aliphatic heterocycles. The number of carbonyl (C=O) groups excluding carboxylic acids is 1. The first-order chi connectivity index (χ1) is 30.8. The minimum absolute atomic E-state index is 0.0365. The monoisotopic (exact) mass is 902 g/mol. The molecule has 0 N–H and O–H groups in total. The Balaban J connectivity index is 0.000000165. The van der Waals surface area contributed by atoms with E-state index in [0.29, 0.717) is 11.5 Å². The van der Waals surface area contributed by atoms with E-state index in [1.54, 1.807) is 5.30 Å². The minimum Gasteiger partial charge on any atom is -0.456 e. The van der Waals surface area contributed by atoms with Crippen LogP contribution < -0.4 is 5.30 Å². The third-order valence-corrected chi connectivity index (χ3v) is 19.2. The van der Waals surface area contributed by atoms with Crippen molar-refractivity contribution >= 4 is 39.6 Å². The maximum atomic E-state index is 12.7. The van der Waals surface area contributed by atoms with Gasteiger partial charge in [-0.15, -0.1) is 0 Å². The Hall–Kier alpha value is -2.73. The molecule has 6 aliphatic rings. The standard InChI is InChI=1S/C26H37BO4.C24H31P.C6H12BO2/c1-24(2,3)29-23(28)18-13-14-20-19(15-18)16-21(22(20)17-11-9-8-10-12-17)27-30-25(4,5)26(6,7)31-27;1-4-12-20(13-5-1)23-18-10-11-19-24(23)25(21-14-6-2-7-15-21)22-16-8-3-9-17-22;1-5(2)6(3,4)9-7-8-5/h13-15,17H,8-12,16H2,1-7H3;1,4-5,10-13,18-19,21-22H,2-3,6-9,14-17H2;1-4H3. The lowest BCUT2D eigenvalue weighted by Gasteiger charge is -2.39. The summed E-state index contributed by atoms with van der Waals surface area (Å²) in [6.45, 7) is 22.2. The number of allylic oxidation sites excluding steroid dienone is 2. The first-order valence-corrected chi connectivity index (χ1v) is 26.8. The first kappa shape index (κ1) is 50.2. The van der Waals surface area contributed by atoms with Gasteiger partial charge in [0.25, 0.3) is 0 Å². The SMILES string of the molecule is CC(C)(C)OC(=O)c1ccc2c(c1)CC(B1OC(C)(C)C(C)(C)O1)=C2C1CCCCC1.CC1(C)O[B]OC1(C)C.c1ccc(-c2ccccc2P(C2CCCCC2)C2CCCCC2)cc1. The van der Waals surface area contributed by atoms with E-state index in [9.17, 15) is 4.79 Å². The molecule has 3 aromatic carbocycles. The van der Waals surface area contributed by atoms with Crippen LogP contribution in [0.5, 0.6) is 0 Å². The highest BCUT2D eigenvalue weighted by Crippen LogP contribution is 2.56. The molecule has 351 valence electrons. The fraction of sp³-hybridized carbons (Fsp3) is 0.625. The van der Waals surface area contributed by atoms with E-state index in [0.717, 1.165) is 17.7 Å². The summed E-state index contributed by atoms with van der Waals surface area (Å²) in [5.41, 5.74) is 9.00. The minimum atomic E-state index is -0.505. The lowest BCUT2D eigenvalue weighted by Crippen LogP contribution is -2.41. The number of rotatable bonds is 7. The van der Waals surface area contributed by atoms with Crippen LogP contribution in [0.1, 0.15) is 194 Å². The van der Waals surface area contributed by atoms with Crippen molar-refractivity contribution in [3.8, 4) is 11.1 Å². The lowest BCUT2D eigenvalue weighted by molar-refractivity contribution is 0.00578. The van der Waals surface area contributed by atoms with Crippen LogP contribution in [0, 0.1) is 5.92 Å². The van der Waals surface area contributed by atoms with E-state index in [2.05, 4.69) is 88.4 Å². The maximum absolute atomic E-state index is 12.7. The number of ether oxygens (including phenoxy) is 1. The Bertz CT molecular complexity index is 2040. The molecule has 1 radical (unpaired) electrons. The van der Waals surface area contributed by atoms with E-state index >= 15 is 0 Å². The van der Waals surface area contributed by atoms with Gasteiger partial charge in [-0.1, -0.05) is 126 Å². The smallest absolute Gasteiger partial charge is 0.456 e. The highest BCUT2D eigenvalue weighted by molar-refractivity contribution is 7.67. The molecular weight excluding hydrogens is 821 g/mol. The summed E-state index contributed by atoms with van der Waals surface area (Å²) in [5, 5.41) is 1.71. The number of benzene rings is 3. The molecule has 5 fully saturated rings. The molecule has 0 atom stereocenters. The quantitative estimate of drug-likeness (QED) is 0.134. The normalized spacial score (nSPS) is 22.9. The fourth-order valence-electron chi connectivity index (χ4n) is 10.5. The topological polar surface area (TPSA) is 63.2 Å². The van der Waals surface area contributed by atoms with Crippen LogP contribution in [0.15, 0.2) is 78.3 Å². The molecule has 4 aliphatic carbocycles. The predicted octanol–water partition coefficient (Wildman–Crippen LogP) is 14.4. The van der Waals surface area contributed by atoms with Gasteiger partial charge in [-0.3, -0.25) is 0 Å². The number of hydrogen-bond acceptors (Lipinski definition) is 6. The number of carbonyl (C=O) groups is 1. The van der Waals surface area contributed by atoms with Crippen molar-refractivity contribution in [1.29, 1.82) is 0 Å². The van der Waals surface area contributed by atoms with Crippen molar-refractivity contribution in [3.05, 3.63) is 95.0 Å². The van der Waals surface area contributed by atoms with Crippen molar-refractivity contribution in [2.75, 3.05) is 0 Å². The molecule has 0 unspecified atom stereocenters. The second-order valence-corrected chi connectivity index (χ2v) is 25.4. The van der Waals surface area contributed by atoms with Crippen LogP contribution in [0.3, 0.4) is 0 Å². The summed E-state index contributed by atoms with van der Waals surface area (Å²) in [5.74, 6) is 0.273. The van der Waals surface area contributed by atoms with Gasteiger partial charge in [0.2, 0.25) is 0 Å². The average molecular weight is 902 g/mol. The maximum Gasteiger partial charge on any atom is 0.491 e. The molecule has 3 saturated carbocycles. The van der Waals surface area contributed by atoms with Crippen molar-refractivity contribution < 1.29 is 28.1 Å². The molecule has 9 heteroatoms. The van der Waals surface area contributed by atoms with E-state index < -0.39 is 5.60 Å². The highest BCUT2D eigenvalue weighted by atomic mass is 31.1. The molecule has 65 heavy (non-hydrogen) atoms. The molecule has 2 heterocycles. The summed E-state index contributed by atoms with van der Waals surface area (Å²) in [4.78, 5) is 12.7. The summed E-state index contributed by atoms with van der Waals surface area (Å²) < 4.78 is 29.0. The van der Waals surface area contributed by atoms with E-state index in [-0.39, 0.29) is 43.4 Å². The molecular formula is C56H80B2O6P. The number of hydrogen-bond donors (Lipinski definition) is 0. The molecule has 0 bridgehead atoms. The van der Waals surface area contributed by atoms with Crippen LogP contribution in [0.2, 0.25) is 0 Å². The van der Waals surface area contributed by atoms with Crippen LogP contribution >= 0.6 is 7.92 Å². The number of fused-ring (bicyclic) bond motifs is 1. The second-order valence-electron chi connectivity index (χ2n) is 22.6. The van der Waals surface area contributed by atoms with Crippen LogP contribution in [-0.2, 0) is 29.8 Å². The third kappa shape index (κ3) is 11.9. The van der Waals surface area contributed by atoms with Gasteiger partial charge < -0.3 is 23.4 Å². The van der Waals surface area contributed by atoms with E-state index in [1.165, 1.54) is 137 Å². The zero-order valence-corrected chi connectivity index (χ0v) is 42.9. The second kappa shape index (κ2) is 20.9. The zero-order chi connectivity index (χ0) is 46.6.